The molecule has 0 aliphatic heterocycles. The van der Waals surface area contributed by atoms with E-state index in [0.29, 0.717) is 16.9 Å². The SMILES string of the molecule is COc1ccc(C(=O)/C=C/c2ccc(O)c(Cl)c2Cl)cc1. The van der Waals surface area contributed by atoms with Crippen molar-refractivity contribution in [2.75, 3.05) is 7.11 Å². The van der Waals surface area contributed by atoms with Gasteiger partial charge in [0, 0.05) is 5.56 Å². The summed E-state index contributed by atoms with van der Waals surface area (Å²) in [7, 11) is 1.56. The molecule has 0 aliphatic carbocycles. The Morgan fingerprint density at radius 1 is 1.10 bits per heavy atom. The first kappa shape index (κ1) is 15.4. The molecule has 0 aliphatic rings. The van der Waals surface area contributed by atoms with Gasteiger partial charge in [0.2, 0.25) is 0 Å². The van der Waals surface area contributed by atoms with E-state index in [1.165, 1.54) is 12.1 Å². The Labute approximate surface area is 132 Å². The van der Waals surface area contributed by atoms with Gasteiger partial charge in [-0.2, -0.15) is 0 Å². The van der Waals surface area contributed by atoms with Crippen LogP contribution in [0.5, 0.6) is 11.5 Å². The first-order valence-corrected chi connectivity index (χ1v) is 6.82. The summed E-state index contributed by atoms with van der Waals surface area (Å²) in [6, 6.07) is 9.79. The lowest BCUT2D eigenvalue weighted by Crippen LogP contribution is -1.94. The topological polar surface area (TPSA) is 46.5 Å². The maximum absolute atomic E-state index is 12.0. The fraction of sp³-hybridized carbons (Fsp3) is 0.0625. The van der Waals surface area contributed by atoms with Crippen molar-refractivity contribution in [3.8, 4) is 11.5 Å². The van der Waals surface area contributed by atoms with Crippen LogP contribution < -0.4 is 4.74 Å². The summed E-state index contributed by atoms with van der Waals surface area (Å²) in [5.74, 6) is 0.419. The molecule has 3 nitrogen and oxygen atoms in total. The molecule has 1 N–H and O–H groups in total. The number of allylic oxidation sites excluding steroid dienone is 1. The Kier molecular flexibility index (Phi) is 4.89. The van der Waals surface area contributed by atoms with E-state index < -0.39 is 0 Å². The van der Waals surface area contributed by atoms with Gasteiger partial charge in [-0.25, -0.2) is 0 Å². The predicted octanol–water partition coefficient (Wildman–Crippen LogP) is 4.60. The number of carbonyl (C=O) groups is 1. The number of ether oxygens (including phenoxy) is 1. The molecule has 5 heteroatoms. The van der Waals surface area contributed by atoms with Crippen LogP contribution in [0.25, 0.3) is 6.08 Å². The van der Waals surface area contributed by atoms with Crippen molar-refractivity contribution in [1.82, 2.24) is 0 Å². The smallest absolute Gasteiger partial charge is 0.185 e. The zero-order valence-electron chi connectivity index (χ0n) is 11.1. The van der Waals surface area contributed by atoms with Crippen LogP contribution in [0.2, 0.25) is 10.0 Å². The van der Waals surface area contributed by atoms with Crippen molar-refractivity contribution in [3.05, 3.63) is 63.6 Å². The van der Waals surface area contributed by atoms with Gasteiger partial charge >= 0.3 is 0 Å². The number of hydrogen-bond acceptors (Lipinski definition) is 3. The summed E-state index contributed by atoms with van der Waals surface area (Å²) in [5.41, 5.74) is 1.09. The summed E-state index contributed by atoms with van der Waals surface area (Å²) in [6.45, 7) is 0. The van der Waals surface area contributed by atoms with E-state index in [-0.39, 0.29) is 21.6 Å². The van der Waals surface area contributed by atoms with Gasteiger partial charge in [0.25, 0.3) is 0 Å². The minimum atomic E-state index is -0.169. The van der Waals surface area contributed by atoms with E-state index in [4.69, 9.17) is 27.9 Å². The minimum absolute atomic E-state index is 0.0655. The van der Waals surface area contributed by atoms with Gasteiger partial charge in [-0.05, 0) is 54.1 Å². The van der Waals surface area contributed by atoms with E-state index >= 15 is 0 Å². The number of halogens is 2. The second kappa shape index (κ2) is 6.66. The highest BCUT2D eigenvalue weighted by Gasteiger charge is 2.08. The quantitative estimate of drug-likeness (QED) is 0.660. The first-order chi connectivity index (χ1) is 10.0. The van der Waals surface area contributed by atoms with Crippen LogP contribution >= 0.6 is 23.2 Å². The molecule has 0 saturated carbocycles. The number of rotatable bonds is 4. The predicted molar refractivity (Wildman–Crippen MR) is 84.5 cm³/mol. The molecule has 0 amide bonds. The number of phenolic OH excluding ortho intramolecular Hbond substituents is 1. The van der Waals surface area contributed by atoms with Crippen LogP contribution in [0.15, 0.2) is 42.5 Å². The Bertz CT molecular complexity index is 691. The Morgan fingerprint density at radius 3 is 2.38 bits per heavy atom. The van der Waals surface area contributed by atoms with Gasteiger partial charge in [0.1, 0.15) is 16.5 Å². The number of carbonyl (C=O) groups excluding carboxylic acids is 1. The Balaban J connectivity index is 2.20. The molecular formula is C16H12Cl2O3. The summed E-state index contributed by atoms with van der Waals surface area (Å²) in [5, 5.41) is 9.68. The Hall–Kier alpha value is -1.97. The molecule has 0 fully saturated rings. The second-order valence-electron chi connectivity index (χ2n) is 4.23. The van der Waals surface area contributed by atoms with Crippen LogP contribution in [0.4, 0.5) is 0 Å². The molecular weight excluding hydrogens is 311 g/mol. The highest BCUT2D eigenvalue weighted by molar-refractivity contribution is 6.43. The number of aromatic hydroxyl groups is 1. The molecule has 0 bridgehead atoms. The normalized spacial score (nSPS) is 10.8. The number of ketones is 1. The lowest BCUT2D eigenvalue weighted by molar-refractivity contribution is 0.104. The molecule has 0 unspecified atom stereocenters. The van der Waals surface area contributed by atoms with Crippen LogP contribution in [0.3, 0.4) is 0 Å². The lowest BCUT2D eigenvalue weighted by atomic mass is 10.1. The van der Waals surface area contributed by atoms with Gasteiger partial charge in [0.15, 0.2) is 5.78 Å². The monoisotopic (exact) mass is 322 g/mol. The third kappa shape index (κ3) is 3.57. The summed E-state index contributed by atoms with van der Waals surface area (Å²) >= 11 is 11.8. The second-order valence-corrected chi connectivity index (χ2v) is 4.98. The van der Waals surface area contributed by atoms with Gasteiger partial charge in [0.05, 0.1) is 12.1 Å². The van der Waals surface area contributed by atoms with E-state index in [1.807, 2.05) is 0 Å². The van der Waals surface area contributed by atoms with E-state index in [1.54, 1.807) is 43.5 Å². The average molecular weight is 323 g/mol. The lowest BCUT2D eigenvalue weighted by Gasteiger charge is -2.03. The molecule has 21 heavy (non-hydrogen) atoms. The molecule has 2 aromatic rings. The van der Waals surface area contributed by atoms with Crippen molar-refractivity contribution >= 4 is 35.1 Å². The maximum atomic E-state index is 12.0. The largest absolute Gasteiger partial charge is 0.506 e. The minimum Gasteiger partial charge on any atom is -0.506 e. The fourth-order valence-corrected chi connectivity index (χ4v) is 2.09. The molecule has 0 atom stereocenters. The number of phenols is 1. The van der Waals surface area contributed by atoms with E-state index in [9.17, 15) is 9.90 Å². The zero-order valence-corrected chi connectivity index (χ0v) is 12.7. The highest BCUT2D eigenvalue weighted by Crippen LogP contribution is 2.34. The van der Waals surface area contributed by atoms with Crippen molar-refractivity contribution < 1.29 is 14.6 Å². The highest BCUT2D eigenvalue weighted by atomic mass is 35.5. The number of hydrogen-bond donors (Lipinski definition) is 1. The van der Waals surface area contributed by atoms with Crippen molar-refractivity contribution in [2.45, 2.75) is 0 Å². The average Bonchev–Trinajstić information content (AvgIpc) is 2.52. The summed E-state index contributed by atoms with van der Waals surface area (Å²) in [6.07, 6.45) is 2.95. The Morgan fingerprint density at radius 2 is 1.76 bits per heavy atom. The number of benzene rings is 2. The van der Waals surface area contributed by atoms with Gasteiger partial charge in [-0.3, -0.25) is 4.79 Å². The molecule has 2 aromatic carbocycles. The van der Waals surface area contributed by atoms with Gasteiger partial charge in [-0.1, -0.05) is 23.2 Å². The summed E-state index contributed by atoms with van der Waals surface area (Å²) < 4.78 is 5.03. The standard InChI is InChI=1S/C16H12Cl2O3/c1-21-12-6-2-10(3-7-12)13(19)8-4-11-5-9-14(20)16(18)15(11)17/h2-9,20H,1H3/b8-4+. The number of methoxy groups -OCH3 is 1. The molecule has 0 saturated heterocycles. The van der Waals surface area contributed by atoms with Crippen molar-refractivity contribution in [3.63, 3.8) is 0 Å². The third-order valence-electron chi connectivity index (χ3n) is 2.88. The van der Waals surface area contributed by atoms with Gasteiger partial charge in [-0.15, -0.1) is 0 Å². The molecule has 0 spiro atoms. The van der Waals surface area contributed by atoms with E-state index in [0.717, 1.165) is 0 Å². The van der Waals surface area contributed by atoms with E-state index in [2.05, 4.69) is 0 Å². The van der Waals surface area contributed by atoms with Gasteiger partial charge < -0.3 is 9.84 Å². The molecule has 0 radical (unpaired) electrons. The van der Waals surface area contributed by atoms with Crippen LogP contribution in [0.1, 0.15) is 15.9 Å². The van der Waals surface area contributed by atoms with Crippen molar-refractivity contribution in [1.29, 1.82) is 0 Å². The van der Waals surface area contributed by atoms with Crippen LogP contribution in [-0.4, -0.2) is 18.0 Å². The van der Waals surface area contributed by atoms with Crippen LogP contribution in [-0.2, 0) is 0 Å². The maximum Gasteiger partial charge on any atom is 0.185 e. The molecule has 108 valence electrons. The zero-order chi connectivity index (χ0) is 15.4. The molecule has 0 heterocycles. The molecule has 0 aromatic heterocycles. The molecule has 2 rings (SSSR count). The van der Waals surface area contributed by atoms with Crippen LogP contribution in [0, 0.1) is 0 Å². The van der Waals surface area contributed by atoms with Crippen molar-refractivity contribution in [2.24, 2.45) is 0 Å². The fourth-order valence-electron chi connectivity index (χ4n) is 1.70. The first-order valence-electron chi connectivity index (χ1n) is 6.06. The summed E-state index contributed by atoms with van der Waals surface area (Å²) in [4.78, 5) is 12.0. The third-order valence-corrected chi connectivity index (χ3v) is 3.77.